The molecule has 0 saturated carbocycles. The van der Waals surface area contributed by atoms with Crippen LogP contribution in [0.25, 0.3) is 10.1 Å². The van der Waals surface area contributed by atoms with Gasteiger partial charge in [0.15, 0.2) is 0 Å². The number of nitrogens with zero attached hydrogens (tertiary/aromatic N) is 2. The van der Waals surface area contributed by atoms with Gasteiger partial charge in [-0.1, -0.05) is 44.2 Å². The molecule has 0 aliphatic rings. The Morgan fingerprint density at radius 3 is 2.50 bits per heavy atom. The van der Waals surface area contributed by atoms with Crippen LogP contribution in [0.2, 0.25) is 0 Å². The molecule has 1 aromatic heterocycles. The third kappa shape index (κ3) is 6.69. The molecule has 8 nitrogen and oxygen atoms in total. The number of nitrogens with one attached hydrogen (secondary N) is 2. The lowest BCUT2D eigenvalue weighted by Gasteiger charge is -2.21. The fourth-order valence-electron chi connectivity index (χ4n) is 3.73. The molecule has 0 saturated heterocycles. The number of carbonyl (C=O) groups excluding carboxylic acids is 2. The fraction of sp³-hybridized carbons (Fsp3) is 0.346. The number of hydrogen-bond donors (Lipinski definition) is 2. The zero-order valence-electron chi connectivity index (χ0n) is 20.5. The van der Waals surface area contributed by atoms with Crippen molar-refractivity contribution in [1.29, 1.82) is 5.26 Å². The monoisotopic (exact) mass is 526 g/mol. The van der Waals surface area contributed by atoms with E-state index in [1.807, 2.05) is 50.2 Å². The number of nitriles is 1. The second-order valence-electron chi connectivity index (χ2n) is 8.88. The largest absolute Gasteiger partial charge is 0.354 e. The van der Waals surface area contributed by atoms with Crippen LogP contribution in [0.4, 0.5) is 0 Å². The first-order valence-electron chi connectivity index (χ1n) is 11.7. The van der Waals surface area contributed by atoms with Gasteiger partial charge in [0.25, 0.3) is 5.91 Å². The van der Waals surface area contributed by atoms with E-state index in [0.29, 0.717) is 17.7 Å². The summed E-state index contributed by atoms with van der Waals surface area (Å²) in [4.78, 5) is 26.2. The normalized spacial score (nSPS) is 12.4. The van der Waals surface area contributed by atoms with Crippen molar-refractivity contribution >= 4 is 43.3 Å². The topological polar surface area (TPSA) is 119 Å². The highest BCUT2D eigenvalue weighted by Gasteiger charge is 2.25. The molecule has 1 atom stereocenters. The summed E-state index contributed by atoms with van der Waals surface area (Å²) in [5, 5.41) is 15.9. The molecule has 2 amide bonds. The van der Waals surface area contributed by atoms with Gasteiger partial charge >= 0.3 is 0 Å². The Labute approximate surface area is 216 Å². The maximum atomic E-state index is 12.9. The zero-order valence-corrected chi connectivity index (χ0v) is 22.2. The molecular weight excluding hydrogens is 496 g/mol. The van der Waals surface area contributed by atoms with Crippen LogP contribution in [0, 0.1) is 17.2 Å². The SMILES string of the molecule is CC(C)C[C@H](NC(=O)c1cc2ccccc2s1)C(=O)NCCCN(C)S(=O)(=O)c1ccccc1C#N. The first kappa shape index (κ1) is 27.3. The van der Waals surface area contributed by atoms with E-state index in [-0.39, 0.29) is 41.3 Å². The summed E-state index contributed by atoms with van der Waals surface area (Å²) in [5.74, 6) is -0.419. The summed E-state index contributed by atoms with van der Waals surface area (Å²) >= 11 is 1.38. The highest BCUT2D eigenvalue weighted by Crippen LogP contribution is 2.25. The Balaban J connectivity index is 1.56. The van der Waals surface area contributed by atoms with Crippen molar-refractivity contribution in [3.63, 3.8) is 0 Å². The van der Waals surface area contributed by atoms with Gasteiger partial charge < -0.3 is 10.6 Å². The van der Waals surface area contributed by atoms with E-state index in [2.05, 4.69) is 10.6 Å². The number of hydrogen-bond acceptors (Lipinski definition) is 6. The highest BCUT2D eigenvalue weighted by atomic mass is 32.2. The first-order valence-corrected chi connectivity index (χ1v) is 13.9. The number of fused-ring (bicyclic) bond motifs is 1. The van der Waals surface area contributed by atoms with E-state index in [9.17, 15) is 23.3 Å². The van der Waals surface area contributed by atoms with Crippen molar-refractivity contribution in [3.05, 3.63) is 65.0 Å². The van der Waals surface area contributed by atoms with Crippen LogP contribution in [0.5, 0.6) is 0 Å². The highest BCUT2D eigenvalue weighted by molar-refractivity contribution is 7.89. The molecule has 36 heavy (non-hydrogen) atoms. The molecular formula is C26H30N4O4S2. The standard InChI is InChI=1S/C26H30N4O4S2/c1-18(2)15-21(29-26(32)23-16-19-9-4-6-11-22(19)35-23)25(31)28-13-8-14-30(3)36(33,34)24-12-7-5-10-20(24)17-27/h4-7,9-12,16,18,21H,8,13-15H2,1-3H3,(H,28,31)(H,29,32)/t21-/m0/s1. The lowest BCUT2D eigenvalue weighted by molar-refractivity contribution is -0.123. The van der Waals surface area contributed by atoms with Crippen LogP contribution in [-0.2, 0) is 14.8 Å². The van der Waals surface area contributed by atoms with Gasteiger partial charge in [0.1, 0.15) is 12.1 Å². The predicted molar refractivity (Wildman–Crippen MR) is 141 cm³/mol. The van der Waals surface area contributed by atoms with Gasteiger partial charge in [-0.3, -0.25) is 9.59 Å². The second-order valence-corrected chi connectivity index (χ2v) is 12.0. The van der Waals surface area contributed by atoms with E-state index in [1.165, 1.54) is 34.8 Å². The van der Waals surface area contributed by atoms with E-state index >= 15 is 0 Å². The summed E-state index contributed by atoms with van der Waals surface area (Å²) in [6, 6.07) is 16.8. The first-order chi connectivity index (χ1) is 17.1. The van der Waals surface area contributed by atoms with Gasteiger partial charge in [-0.15, -0.1) is 11.3 Å². The van der Waals surface area contributed by atoms with E-state index in [4.69, 9.17) is 0 Å². The number of rotatable bonds is 11. The number of amides is 2. The molecule has 0 bridgehead atoms. The van der Waals surface area contributed by atoms with Gasteiger partial charge in [0, 0.05) is 24.8 Å². The predicted octanol–water partition coefficient (Wildman–Crippen LogP) is 3.74. The molecule has 0 spiro atoms. The number of sulfonamides is 1. The maximum Gasteiger partial charge on any atom is 0.262 e. The van der Waals surface area contributed by atoms with Gasteiger partial charge in [0.05, 0.1) is 15.3 Å². The minimum absolute atomic E-state index is 0.0417. The molecule has 3 aromatic rings. The van der Waals surface area contributed by atoms with Gasteiger partial charge in [-0.2, -0.15) is 5.26 Å². The maximum absolute atomic E-state index is 12.9. The molecule has 0 radical (unpaired) electrons. The Morgan fingerprint density at radius 2 is 1.81 bits per heavy atom. The van der Waals surface area contributed by atoms with E-state index in [1.54, 1.807) is 12.1 Å². The summed E-state index contributed by atoms with van der Waals surface area (Å²) in [6.07, 6.45) is 0.844. The Kier molecular flexibility index (Phi) is 9.20. The number of carbonyl (C=O) groups is 2. The van der Waals surface area contributed by atoms with Crippen LogP contribution in [0.3, 0.4) is 0 Å². The average molecular weight is 527 g/mol. The molecule has 0 fully saturated rings. The molecule has 0 aliphatic carbocycles. The molecule has 10 heteroatoms. The lowest BCUT2D eigenvalue weighted by Crippen LogP contribution is -2.47. The zero-order chi connectivity index (χ0) is 26.3. The van der Waals surface area contributed by atoms with E-state index in [0.717, 1.165) is 10.1 Å². The van der Waals surface area contributed by atoms with Gasteiger partial charge in [-0.05, 0) is 48.4 Å². The van der Waals surface area contributed by atoms with Crippen molar-refractivity contribution < 1.29 is 18.0 Å². The van der Waals surface area contributed by atoms with Crippen molar-refractivity contribution in [2.24, 2.45) is 5.92 Å². The van der Waals surface area contributed by atoms with Crippen LogP contribution in [0.15, 0.2) is 59.5 Å². The molecule has 190 valence electrons. The van der Waals surface area contributed by atoms with Gasteiger partial charge in [-0.25, -0.2) is 12.7 Å². The summed E-state index contributed by atoms with van der Waals surface area (Å²) in [7, 11) is -2.39. The minimum Gasteiger partial charge on any atom is -0.354 e. The number of thiophene rings is 1. The van der Waals surface area contributed by atoms with Crippen LogP contribution in [-0.4, -0.2) is 50.7 Å². The molecule has 0 unspecified atom stereocenters. The van der Waals surface area contributed by atoms with Crippen molar-refractivity contribution in [2.45, 2.75) is 37.6 Å². The van der Waals surface area contributed by atoms with Crippen LogP contribution < -0.4 is 10.6 Å². The molecule has 2 aromatic carbocycles. The third-order valence-electron chi connectivity index (χ3n) is 5.62. The lowest BCUT2D eigenvalue weighted by atomic mass is 10.0. The minimum atomic E-state index is -3.83. The van der Waals surface area contributed by atoms with Crippen molar-refractivity contribution in [1.82, 2.24) is 14.9 Å². The van der Waals surface area contributed by atoms with Crippen molar-refractivity contribution in [3.8, 4) is 6.07 Å². The molecule has 3 rings (SSSR count). The fourth-order valence-corrected chi connectivity index (χ4v) is 6.05. The summed E-state index contributed by atoms with van der Waals surface area (Å²) < 4.78 is 27.8. The van der Waals surface area contributed by atoms with Crippen LogP contribution >= 0.6 is 11.3 Å². The third-order valence-corrected chi connectivity index (χ3v) is 8.65. The molecule has 0 aliphatic heterocycles. The smallest absolute Gasteiger partial charge is 0.262 e. The van der Waals surface area contributed by atoms with Gasteiger partial charge in [0.2, 0.25) is 15.9 Å². The Hall–Kier alpha value is -3.26. The summed E-state index contributed by atoms with van der Waals surface area (Å²) in [5.41, 5.74) is 0.0866. The Morgan fingerprint density at radius 1 is 1.11 bits per heavy atom. The van der Waals surface area contributed by atoms with E-state index < -0.39 is 16.1 Å². The number of benzene rings is 2. The van der Waals surface area contributed by atoms with Crippen LogP contribution in [0.1, 0.15) is 41.9 Å². The second kappa shape index (κ2) is 12.1. The molecule has 2 N–H and O–H groups in total. The molecule has 1 heterocycles. The average Bonchev–Trinajstić information content (AvgIpc) is 3.30. The Bertz CT molecular complexity index is 1340. The quantitative estimate of drug-likeness (QED) is 0.369. The van der Waals surface area contributed by atoms with Crippen molar-refractivity contribution in [2.75, 3.05) is 20.1 Å². The summed E-state index contributed by atoms with van der Waals surface area (Å²) in [6.45, 7) is 4.35.